The average molecular weight is 377 g/mol. The zero-order chi connectivity index (χ0) is 20.2. The highest BCUT2D eigenvalue weighted by Crippen LogP contribution is 2.25. The van der Waals surface area contributed by atoms with Crippen LogP contribution in [0.15, 0.2) is 18.2 Å². The Bertz CT molecular complexity index is 682. The average Bonchev–Trinajstić information content (AvgIpc) is 2.54. The summed E-state index contributed by atoms with van der Waals surface area (Å²) < 4.78 is 10.9. The summed E-state index contributed by atoms with van der Waals surface area (Å²) in [6, 6.07) is 4.97. The van der Waals surface area contributed by atoms with Crippen LogP contribution in [0, 0.1) is 0 Å². The molecular weight excluding hydrogens is 346 g/mol. The van der Waals surface area contributed by atoms with Crippen molar-refractivity contribution in [1.82, 2.24) is 10.2 Å². The second-order valence-electron chi connectivity index (χ2n) is 8.16. The Labute approximate surface area is 161 Å². The van der Waals surface area contributed by atoms with Gasteiger partial charge in [-0.2, -0.15) is 0 Å². The molecule has 27 heavy (non-hydrogen) atoms. The SMILES string of the molecule is CC(C)Oc1ccc(C(=O)N2CCCC(NC(=O)OC(C)(C)C)C2)cc1N. The number of alkyl carbamates (subject to hydrolysis) is 1. The summed E-state index contributed by atoms with van der Waals surface area (Å²) >= 11 is 0. The number of amides is 2. The van der Waals surface area contributed by atoms with Crippen LogP contribution in [0.3, 0.4) is 0 Å². The van der Waals surface area contributed by atoms with E-state index in [2.05, 4.69) is 5.32 Å². The van der Waals surface area contributed by atoms with Crippen LogP contribution < -0.4 is 15.8 Å². The van der Waals surface area contributed by atoms with Gasteiger partial charge in [-0.1, -0.05) is 0 Å². The molecule has 0 bridgehead atoms. The molecule has 1 aromatic rings. The number of carbonyl (C=O) groups is 2. The number of nitrogens with one attached hydrogen (secondary N) is 1. The number of nitrogen functional groups attached to an aromatic ring is 1. The molecule has 1 atom stereocenters. The molecule has 1 aliphatic heterocycles. The molecule has 150 valence electrons. The zero-order valence-corrected chi connectivity index (χ0v) is 16.9. The first-order valence-electron chi connectivity index (χ1n) is 9.40. The fourth-order valence-electron chi connectivity index (χ4n) is 2.98. The first-order chi connectivity index (χ1) is 12.5. The standard InChI is InChI=1S/C20H31N3O4/c1-13(2)26-17-9-8-14(11-16(17)21)18(24)23-10-6-7-15(12-23)22-19(25)27-20(3,4)5/h8-9,11,13,15H,6-7,10,12,21H2,1-5H3,(H,22,25). The summed E-state index contributed by atoms with van der Waals surface area (Å²) in [5, 5.41) is 2.85. The second-order valence-corrected chi connectivity index (χ2v) is 8.16. The molecule has 0 spiro atoms. The van der Waals surface area contributed by atoms with Gasteiger partial charge >= 0.3 is 6.09 Å². The van der Waals surface area contributed by atoms with Crippen molar-refractivity contribution in [2.75, 3.05) is 18.8 Å². The van der Waals surface area contributed by atoms with E-state index in [1.807, 2.05) is 34.6 Å². The van der Waals surface area contributed by atoms with E-state index < -0.39 is 11.7 Å². The van der Waals surface area contributed by atoms with Crippen LogP contribution in [0.5, 0.6) is 5.75 Å². The number of anilines is 1. The van der Waals surface area contributed by atoms with E-state index in [4.69, 9.17) is 15.2 Å². The number of carbonyl (C=O) groups excluding carboxylic acids is 2. The Morgan fingerprint density at radius 1 is 1.30 bits per heavy atom. The highest BCUT2D eigenvalue weighted by atomic mass is 16.6. The molecule has 7 heteroatoms. The van der Waals surface area contributed by atoms with Crippen LogP contribution in [0.2, 0.25) is 0 Å². The molecule has 1 fully saturated rings. The van der Waals surface area contributed by atoms with Crippen LogP contribution >= 0.6 is 0 Å². The maximum atomic E-state index is 12.8. The summed E-state index contributed by atoms with van der Waals surface area (Å²) in [6.45, 7) is 10.4. The lowest BCUT2D eigenvalue weighted by molar-refractivity contribution is 0.0452. The smallest absolute Gasteiger partial charge is 0.407 e. The number of hydrogen-bond acceptors (Lipinski definition) is 5. The van der Waals surface area contributed by atoms with E-state index in [9.17, 15) is 9.59 Å². The van der Waals surface area contributed by atoms with Crippen LogP contribution in [-0.2, 0) is 4.74 Å². The van der Waals surface area contributed by atoms with Gasteiger partial charge < -0.3 is 25.4 Å². The van der Waals surface area contributed by atoms with E-state index in [0.717, 1.165) is 12.8 Å². The Kier molecular flexibility index (Phi) is 6.57. The minimum Gasteiger partial charge on any atom is -0.489 e. The molecule has 0 aliphatic carbocycles. The predicted molar refractivity (Wildman–Crippen MR) is 105 cm³/mol. The van der Waals surface area contributed by atoms with Gasteiger partial charge in [0, 0.05) is 24.7 Å². The summed E-state index contributed by atoms with van der Waals surface area (Å²) in [4.78, 5) is 26.5. The summed E-state index contributed by atoms with van der Waals surface area (Å²) in [5.74, 6) is 0.471. The highest BCUT2D eigenvalue weighted by Gasteiger charge is 2.27. The fourth-order valence-corrected chi connectivity index (χ4v) is 2.98. The second kappa shape index (κ2) is 8.50. The van der Waals surface area contributed by atoms with Gasteiger partial charge in [0.1, 0.15) is 11.4 Å². The number of nitrogens with zero attached hydrogens (tertiary/aromatic N) is 1. The van der Waals surface area contributed by atoms with Gasteiger partial charge in [-0.3, -0.25) is 4.79 Å². The molecule has 1 aromatic carbocycles. The largest absolute Gasteiger partial charge is 0.489 e. The third kappa shape index (κ3) is 6.34. The number of ether oxygens (including phenoxy) is 2. The Balaban J connectivity index is 2.00. The molecule has 2 amide bonds. The van der Waals surface area contributed by atoms with Crippen molar-refractivity contribution in [3.63, 3.8) is 0 Å². The van der Waals surface area contributed by atoms with Gasteiger partial charge in [-0.25, -0.2) is 4.79 Å². The Hall–Kier alpha value is -2.44. The van der Waals surface area contributed by atoms with E-state index in [0.29, 0.717) is 30.1 Å². The van der Waals surface area contributed by atoms with Crippen molar-refractivity contribution in [2.24, 2.45) is 0 Å². The lowest BCUT2D eigenvalue weighted by Gasteiger charge is -2.33. The van der Waals surface area contributed by atoms with Crippen molar-refractivity contribution in [1.29, 1.82) is 0 Å². The molecule has 1 aliphatic rings. The molecule has 2 rings (SSSR count). The number of hydrogen-bond donors (Lipinski definition) is 2. The molecule has 7 nitrogen and oxygen atoms in total. The van der Waals surface area contributed by atoms with Gasteiger partial charge in [0.15, 0.2) is 0 Å². The van der Waals surface area contributed by atoms with E-state index in [1.165, 1.54) is 0 Å². The quantitative estimate of drug-likeness (QED) is 0.786. The number of rotatable bonds is 4. The summed E-state index contributed by atoms with van der Waals surface area (Å²) in [6.07, 6.45) is 1.18. The van der Waals surface area contributed by atoms with Gasteiger partial charge in [0.05, 0.1) is 11.8 Å². The zero-order valence-electron chi connectivity index (χ0n) is 16.9. The van der Waals surface area contributed by atoms with Crippen molar-refractivity contribution >= 4 is 17.7 Å². The first kappa shape index (κ1) is 20.9. The third-order valence-electron chi connectivity index (χ3n) is 4.05. The molecule has 3 N–H and O–H groups in total. The van der Waals surface area contributed by atoms with E-state index >= 15 is 0 Å². The van der Waals surface area contributed by atoms with Crippen LogP contribution in [0.1, 0.15) is 57.8 Å². The van der Waals surface area contributed by atoms with Crippen molar-refractivity contribution in [2.45, 2.75) is 65.2 Å². The third-order valence-corrected chi connectivity index (χ3v) is 4.05. The van der Waals surface area contributed by atoms with Gasteiger partial charge in [0.2, 0.25) is 0 Å². The maximum Gasteiger partial charge on any atom is 0.407 e. The first-order valence-corrected chi connectivity index (χ1v) is 9.40. The molecule has 1 unspecified atom stereocenters. The van der Waals surface area contributed by atoms with Crippen molar-refractivity contribution in [3.05, 3.63) is 23.8 Å². The Morgan fingerprint density at radius 2 is 2.00 bits per heavy atom. The molecular formula is C20H31N3O4. The molecule has 1 heterocycles. The summed E-state index contributed by atoms with van der Waals surface area (Å²) in [5.41, 5.74) is 6.42. The molecule has 0 aromatic heterocycles. The van der Waals surface area contributed by atoms with Crippen molar-refractivity contribution < 1.29 is 19.1 Å². The van der Waals surface area contributed by atoms with Crippen molar-refractivity contribution in [3.8, 4) is 5.75 Å². The number of benzene rings is 1. The van der Waals surface area contributed by atoms with Gasteiger partial charge in [-0.15, -0.1) is 0 Å². The van der Waals surface area contributed by atoms with Crippen LogP contribution in [-0.4, -0.2) is 47.7 Å². The topological polar surface area (TPSA) is 93.9 Å². The molecule has 1 saturated heterocycles. The number of piperidine rings is 1. The highest BCUT2D eigenvalue weighted by molar-refractivity contribution is 5.95. The fraction of sp³-hybridized carbons (Fsp3) is 0.600. The lowest BCUT2D eigenvalue weighted by atomic mass is 10.0. The summed E-state index contributed by atoms with van der Waals surface area (Å²) in [7, 11) is 0. The minimum absolute atomic E-state index is 0.00985. The van der Waals surface area contributed by atoms with E-state index in [-0.39, 0.29) is 18.1 Å². The monoisotopic (exact) mass is 377 g/mol. The maximum absolute atomic E-state index is 12.8. The van der Waals surface area contributed by atoms with Crippen LogP contribution in [0.4, 0.5) is 10.5 Å². The Morgan fingerprint density at radius 3 is 2.59 bits per heavy atom. The van der Waals surface area contributed by atoms with Gasteiger partial charge in [0.25, 0.3) is 5.91 Å². The van der Waals surface area contributed by atoms with E-state index in [1.54, 1.807) is 23.1 Å². The molecule has 0 saturated carbocycles. The van der Waals surface area contributed by atoms with Crippen LogP contribution in [0.25, 0.3) is 0 Å². The van der Waals surface area contributed by atoms with Gasteiger partial charge in [-0.05, 0) is 65.7 Å². The number of nitrogens with two attached hydrogens (primary N) is 1. The molecule has 0 radical (unpaired) electrons. The normalized spacial score (nSPS) is 17.6. The minimum atomic E-state index is -0.550. The number of likely N-dealkylation sites (tertiary alicyclic amines) is 1. The predicted octanol–water partition coefficient (Wildman–Crippen LogP) is 3.19. The lowest BCUT2D eigenvalue weighted by Crippen LogP contribution is -2.50.